The van der Waals surface area contributed by atoms with Gasteiger partial charge in [0.15, 0.2) is 17.3 Å². The van der Waals surface area contributed by atoms with E-state index in [1.807, 2.05) is 68.6 Å². The molecule has 0 amide bonds. The van der Waals surface area contributed by atoms with E-state index in [-0.39, 0.29) is 17.3 Å². The summed E-state index contributed by atoms with van der Waals surface area (Å²) in [6, 6.07) is 22.1. The topological polar surface area (TPSA) is 104 Å². The van der Waals surface area contributed by atoms with Gasteiger partial charge in [-0.3, -0.25) is 19.3 Å². The minimum absolute atomic E-state index is 0.182. The van der Waals surface area contributed by atoms with Crippen molar-refractivity contribution >= 4 is 29.1 Å². The van der Waals surface area contributed by atoms with Gasteiger partial charge in [-0.2, -0.15) is 0 Å². The molecule has 4 rings (SSSR count). The molecule has 0 bridgehead atoms. The van der Waals surface area contributed by atoms with Crippen molar-refractivity contribution in [2.45, 2.75) is 69.6 Å². The van der Waals surface area contributed by atoms with Crippen LogP contribution in [0.5, 0.6) is 0 Å². The maximum Gasteiger partial charge on any atom is 0.193 e. The molecule has 3 aromatic carbocycles. The molecule has 3 aromatic rings. The normalized spacial score (nSPS) is 14.4. The zero-order valence-corrected chi connectivity index (χ0v) is 27.7. The van der Waals surface area contributed by atoms with E-state index in [0.29, 0.717) is 30.8 Å². The van der Waals surface area contributed by atoms with E-state index in [2.05, 4.69) is 4.90 Å². The maximum absolute atomic E-state index is 12.7. The van der Waals surface area contributed by atoms with E-state index < -0.39 is 16.7 Å². The number of nitrogens with zero attached hydrogens (tertiary/aromatic N) is 1. The highest BCUT2D eigenvalue weighted by molar-refractivity contribution is 7.98. The van der Waals surface area contributed by atoms with Crippen molar-refractivity contribution in [2.24, 2.45) is 0 Å². The van der Waals surface area contributed by atoms with Crippen LogP contribution >= 0.6 is 11.8 Å². The Balaban J connectivity index is 0.000000249. The largest absolute Gasteiger partial charge is 0.382 e. The van der Waals surface area contributed by atoms with Gasteiger partial charge in [0.05, 0.1) is 18.8 Å². The Morgan fingerprint density at radius 3 is 1.39 bits per heavy atom. The van der Waals surface area contributed by atoms with Crippen molar-refractivity contribution in [1.82, 2.24) is 4.90 Å². The third-order valence-corrected chi connectivity index (χ3v) is 8.40. The lowest BCUT2D eigenvalue weighted by Gasteiger charge is -2.39. The first-order valence-corrected chi connectivity index (χ1v) is 16.0. The number of carbonyl (C=O) groups excluding carboxylic acids is 3. The van der Waals surface area contributed by atoms with Crippen LogP contribution in [0.25, 0.3) is 0 Å². The van der Waals surface area contributed by atoms with Crippen LogP contribution in [0.4, 0.5) is 0 Å². The first-order chi connectivity index (χ1) is 20.5. The Morgan fingerprint density at radius 2 is 1.02 bits per heavy atom. The SMILES string of the molecule is CC(C)(O)C(=O)c1ccc(Cc2ccc(C(=O)C(C)(C)O)cc2)cc1.CSc1ccc(C(=O)C(C)(C)N2CCOCC2)cc1. The Labute approximate surface area is 265 Å². The van der Waals surface area contributed by atoms with Crippen LogP contribution in [0.1, 0.15) is 83.7 Å². The van der Waals surface area contributed by atoms with Crippen LogP contribution in [0.2, 0.25) is 0 Å². The number of carbonyl (C=O) groups is 3. The second-order valence-corrected chi connectivity index (χ2v) is 13.4. The van der Waals surface area contributed by atoms with E-state index in [4.69, 9.17) is 4.74 Å². The molecule has 0 atom stereocenters. The van der Waals surface area contributed by atoms with Crippen molar-refractivity contribution in [3.05, 3.63) is 101 Å². The number of hydrogen-bond donors (Lipinski definition) is 2. The summed E-state index contributed by atoms with van der Waals surface area (Å²) in [6.07, 6.45) is 2.70. The Kier molecular flexibility index (Phi) is 11.9. The van der Waals surface area contributed by atoms with Gasteiger partial charge in [0.25, 0.3) is 0 Å². The van der Waals surface area contributed by atoms with E-state index in [1.165, 1.54) is 32.6 Å². The number of ketones is 3. The van der Waals surface area contributed by atoms with Crippen molar-refractivity contribution < 1.29 is 29.3 Å². The van der Waals surface area contributed by atoms with Gasteiger partial charge in [-0.25, -0.2) is 0 Å². The summed E-state index contributed by atoms with van der Waals surface area (Å²) in [5, 5.41) is 19.6. The number of thioether (sulfide) groups is 1. The molecule has 1 fully saturated rings. The lowest BCUT2D eigenvalue weighted by atomic mass is 9.91. The molecular formula is C36H45NO6S. The van der Waals surface area contributed by atoms with Crippen LogP contribution in [0, 0.1) is 0 Å². The molecule has 1 saturated heterocycles. The van der Waals surface area contributed by atoms with Crippen LogP contribution in [0.15, 0.2) is 77.7 Å². The minimum atomic E-state index is -1.38. The summed E-state index contributed by atoms with van der Waals surface area (Å²) >= 11 is 1.69. The predicted octanol–water partition coefficient (Wildman–Crippen LogP) is 5.89. The van der Waals surface area contributed by atoms with Crippen LogP contribution in [-0.4, -0.2) is 81.8 Å². The van der Waals surface area contributed by atoms with Gasteiger partial charge in [-0.1, -0.05) is 60.7 Å². The molecule has 1 aliphatic heterocycles. The van der Waals surface area contributed by atoms with Gasteiger partial charge >= 0.3 is 0 Å². The lowest BCUT2D eigenvalue weighted by Crippen LogP contribution is -2.54. The molecule has 8 heteroatoms. The molecule has 2 N–H and O–H groups in total. The number of rotatable bonds is 10. The quantitative estimate of drug-likeness (QED) is 0.214. The fraction of sp³-hybridized carbons (Fsp3) is 0.417. The van der Waals surface area contributed by atoms with Gasteiger partial charge in [0, 0.05) is 34.7 Å². The maximum atomic E-state index is 12.7. The standard InChI is InChI=1S/C21H24O4.C15H21NO2S/c1-20(2,24)18(22)16-9-5-14(6-10-16)13-15-7-11-17(12-8-15)19(23)21(3,4)25;1-15(2,16-8-10-18-11-9-16)14(17)12-4-6-13(19-3)7-5-12/h5-12,24-25H,13H2,1-4H3;4-7H,8-11H2,1-3H3. The molecule has 0 radical (unpaired) electrons. The first-order valence-electron chi connectivity index (χ1n) is 14.8. The molecule has 0 unspecified atom stereocenters. The summed E-state index contributed by atoms with van der Waals surface area (Å²) in [7, 11) is 0. The Bertz CT molecular complexity index is 1340. The van der Waals surface area contributed by atoms with E-state index in [0.717, 1.165) is 29.8 Å². The molecule has 0 aliphatic carbocycles. The van der Waals surface area contributed by atoms with Crippen molar-refractivity contribution in [3.63, 3.8) is 0 Å². The summed E-state index contributed by atoms with van der Waals surface area (Å²) < 4.78 is 5.35. The van der Waals surface area contributed by atoms with E-state index in [9.17, 15) is 24.6 Å². The highest BCUT2D eigenvalue weighted by Gasteiger charge is 2.35. The molecule has 0 aromatic heterocycles. The summed E-state index contributed by atoms with van der Waals surface area (Å²) in [4.78, 5) is 40.1. The second-order valence-electron chi connectivity index (χ2n) is 12.6. The van der Waals surface area contributed by atoms with Crippen LogP contribution in [0.3, 0.4) is 0 Å². The number of hydrogen-bond acceptors (Lipinski definition) is 8. The predicted molar refractivity (Wildman–Crippen MR) is 176 cm³/mol. The van der Waals surface area contributed by atoms with Gasteiger partial charge in [-0.15, -0.1) is 11.8 Å². The molecular weight excluding hydrogens is 574 g/mol. The average molecular weight is 620 g/mol. The molecule has 1 aliphatic rings. The number of aliphatic hydroxyl groups is 2. The number of morpholine rings is 1. The van der Waals surface area contributed by atoms with Crippen LogP contribution in [-0.2, 0) is 11.2 Å². The average Bonchev–Trinajstić information content (AvgIpc) is 3.00. The van der Waals surface area contributed by atoms with Crippen LogP contribution < -0.4 is 0 Å². The summed E-state index contributed by atoms with van der Waals surface area (Å²) in [5.74, 6) is -0.441. The zero-order valence-electron chi connectivity index (χ0n) is 26.8. The Hall–Kier alpha value is -3.14. The summed E-state index contributed by atoms with van der Waals surface area (Å²) in [5.41, 5.74) is 0.543. The molecule has 1 heterocycles. The summed E-state index contributed by atoms with van der Waals surface area (Å²) in [6.45, 7) is 13.0. The third-order valence-electron chi connectivity index (χ3n) is 7.66. The highest BCUT2D eigenvalue weighted by Crippen LogP contribution is 2.24. The number of Topliss-reactive ketones (excluding diaryl/α,β-unsaturated/α-hetero) is 3. The lowest BCUT2D eigenvalue weighted by molar-refractivity contribution is -0.00430. The smallest absolute Gasteiger partial charge is 0.193 e. The molecule has 0 spiro atoms. The minimum Gasteiger partial charge on any atom is -0.382 e. The third kappa shape index (κ3) is 9.43. The Morgan fingerprint density at radius 1 is 0.659 bits per heavy atom. The number of benzene rings is 3. The number of ether oxygens (including phenoxy) is 1. The van der Waals surface area contributed by atoms with Crippen molar-refractivity contribution in [1.29, 1.82) is 0 Å². The fourth-order valence-corrected chi connectivity index (χ4v) is 5.26. The molecule has 0 saturated carbocycles. The fourth-order valence-electron chi connectivity index (χ4n) is 4.85. The second kappa shape index (κ2) is 14.8. The van der Waals surface area contributed by atoms with Crippen molar-refractivity contribution in [2.75, 3.05) is 32.6 Å². The van der Waals surface area contributed by atoms with Gasteiger partial charge in [0.1, 0.15) is 11.2 Å². The van der Waals surface area contributed by atoms with E-state index in [1.54, 1.807) is 36.0 Å². The van der Waals surface area contributed by atoms with Gasteiger partial charge < -0.3 is 14.9 Å². The molecule has 236 valence electrons. The molecule has 7 nitrogen and oxygen atoms in total. The monoisotopic (exact) mass is 619 g/mol. The first kappa shape index (κ1) is 35.3. The van der Waals surface area contributed by atoms with Gasteiger partial charge in [0.2, 0.25) is 0 Å². The molecule has 44 heavy (non-hydrogen) atoms. The van der Waals surface area contributed by atoms with Crippen molar-refractivity contribution in [3.8, 4) is 0 Å². The zero-order chi connectivity index (χ0) is 32.7. The highest BCUT2D eigenvalue weighted by atomic mass is 32.2. The van der Waals surface area contributed by atoms with E-state index >= 15 is 0 Å². The van der Waals surface area contributed by atoms with Gasteiger partial charge in [-0.05, 0) is 77.5 Å².